The lowest BCUT2D eigenvalue weighted by Crippen LogP contribution is -2.19. The monoisotopic (exact) mass is 278 g/mol. The third-order valence-corrected chi connectivity index (χ3v) is 3.47. The van der Waals surface area contributed by atoms with Gasteiger partial charge in [0, 0.05) is 24.1 Å². The van der Waals surface area contributed by atoms with Gasteiger partial charge in [0.2, 0.25) is 5.43 Å². The van der Waals surface area contributed by atoms with E-state index >= 15 is 0 Å². The lowest BCUT2D eigenvalue weighted by Gasteiger charge is -2.13. The molecule has 0 spiro atoms. The zero-order chi connectivity index (χ0) is 14.6. The van der Waals surface area contributed by atoms with Crippen LogP contribution >= 0.6 is 0 Å². The average molecular weight is 278 g/mol. The smallest absolute Gasteiger partial charge is 0.341 e. The summed E-state index contributed by atoms with van der Waals surface area (Å²) in [6.45, 7) is 1.55. The maximum Gasteiger partial charge on any atom is 0.341 e. The number of aromatic carboxylic acids is 1. The minimum absolute atomic E-state index is 0.0576. The van der Waals surface area contributed by atoms with Crippen LogP contribution < -0.4 is 5.43 Å². The number of pyridine rings is 1. The number of halogens is 2. The second-order valence-corrected chi connectivity index (χ2v) is 4.91. The van der Waals surface area contributed by atoms with Crippen molar-refractivity contribution in [3.05, 3.63) is 45.5 Å². The van der Waals surface area contributed by atoms with Crippen molar-refractivity contribution in [1.29, 1.82) is 0 Å². The summed E-state index contributed by atoms with van der Waals surface area (Å²) in [5, 5.41) is 8.99. The highest BCUT2D eigenvalue weighted by molar-refractivity contribution is 5.93. The van der Waals surface area contributed by atoms with Crippen LogP contribution in [0.4, 0.5) is 8.78 Å². The fraction of sp³-hybridized carbons (Fsp3) is 0.286. The van der Waals surface area contributed by atoms with Gasteiger partial charge >= 0.3 is 5.97 Å². The number of rotatable bonds is 2. The molecule has 0 amide bonds. The number of aromatic nitrogens is 1. The average Bonchev–Trinajstić information content (AvgIpc) is 3.07. The van der Waals surface area contributed by atoms with E-state index in [4.69, 9.17) is 5.11 Å². The summed E-state index contributed by atoms with van der Waals surface area (Å²) in [6.07, 6.45) is 0.316. The Morgan fingerprint density at radius 2 is 2.20 bits per heavy atom. The van der Waals surface area contributed by atoms with Gasteiger partial charge in [-0.25, -0.2) is 13.6 Å². The zero-order valence-corrected chi connectivity index (χ0v) is 10.5. The number of hydrogen-bond acceptors (Lipinski definition) is 2. The van der Waals surface area contributed by atoms with Crippen LogP contribution in [0.5, 0.6) is 0 Å². The Hall–Kier alpha value is -2.24. The SMILES string of the molecule is Cc1[c]c(F)cc2c(=O)c(C(=O)O)cn([C@@H]3C[C@H]3F)c12. The van der Waals surface area contributed by atoms with Crippen molar-refractivity contribution >= 4 is 16.9 Å². The van der Waals surface area contributed by atoms with E-state index in [2.05, 4.69) is 6.07 Å². The van der Waals surface area contributed by atoms with Gasteiger partial charge in [-0.3, -0.25) is 4.79 Å². The van der Waals surface area contributed by atoms with E-state index < -0.39 is 35.0 Å². The molecule has 1 aliphatic carbocycles. The first-order valence-electron chi connectivity index (χ1n) is 6.04. The molecule has 1 N–H and O–H groups in total. The van der Waals surface area contributed by atoms with Crippen LogP contribution in [0.25, 0.3) is 10.9 Å². The number of carbonyl (C=O) groups is 1. The third-order valence-electron chi connectivity index (χ3n) is 3.47. The number of hydrogen-bond donors (Lipinski definition) is 1. The number of carboxylic acid groups (broad SMARTS) is 1. The van der Waals surface area contributed by atoms with Crippen LogP contribution in [0.1, 0.15) is 28.4 Å². The van der Waals surface area contributed by atoms with Crippen molar-refractivity contribution < 1.29 is 18.7 Å². The molecular weight excluding hydrogens is 268 g/mol. The Morgan fingerprint density at radius 1 is 1.55 bits per heavy atom. The van der Waals surface area contributed by atoms with Gasteiger partial charge in [0.1, 0.15) is 17.6 Å². The highest BCUT2D eigenvalue weighted by Gasteiger charge is 2.40. The number of nitrogens with zero attached hydrogens (tertiary/aromatic N) is 1. The molecule has 0 aliphatic heterocycles. The number of carboxylic acids is 1. The molecule has 2 aromatic rings. The number of alkyl halides is 1. The van der Waals surface area contributed by atoms with Crippen LogP contribution in [0.2, 0.25) is 0 Å². The molecule has 1 aromatic carbocycles. The summed E-state index contributed by atoms with van der Waals surface area (Å²) in [6, 6.07) is 2.87. The Bertz CT molecular complexity index is 797. The van der Waals surface area contributed by atoms with Gasteiger partial charge in [0.15, 0.2) is 0 Å². The largest absolute Gasteiger partial charge is 0.477 e. The van der Waals surface area contributed by atoms with Gasteiger partial charge in [-0.05, 0) is 18.6 Å². The van der Waals surface area contributed by atoms with E-state index in [1.165, 1.54) is 4.57 Å². The normalized spacial score (nSPS) is 21.1. The molecular formula is C14H10F2NO3. The van der Waals surface area contributed by atoms with Gasteiger partial charge < -0.3 is 9.67 Å². The van der Waals surface area contributed by atoms with Crippen LogP contribution in [0, 0.1) is 18.8 Å². The molecule has 4 nitrogen and oxygen atoms in total. The summed E-state index contributed by atoms with van der Waals surface area (Å²) >= 11 is 0. The molecule has 20 heavy (non-hydrogen) atoms. The molecule has 1 radical (unpaired) electrons. The standard InChI is InChI=1S/C14H10F2NO3/c1-6-2-7(15)3-8-12(6)17(11-4-10(11)16)5-9(13(8)18)14(19)20/h3,5,10-11H,4H2,1H3,(H,19,20)/t10-,11-/m1/s1. The third kappa shape index (κ3) is 1.79. The number of aryl methyl sites for hydroxylation is 1. The van der Waals surface area contributed by atoms with Crippen LogP contribution in [-0.4, -0.2) is 21.8 Å². The highest BCUT2D eigenvalue weighted by Crippen LogP contribution is 2.41. The van der Waals surface area contributed by atoms with E-state index in [0.29, 0.717) is 11.1 Å². The van der Waals surface area contributed by atoms with Gasteiger partial charge in [0.25, 0.3) is 0 Å². The lowest BCUT2D eigenvalue weighted by molar-refractivity contribution is 0.0694. The first kappa shape index (κ1) is 12.8. The quantitative estimate of drug-likeness (QED) is 0.916. The molecule has 3 rings (SSSR count). The minimum atomic E-state index is -1.41. The van der Waals surface area contributed by atoms with E-state index in [-0.39, 0.29) is 11.8 Å². The van der Waals surface area contributed by atoms with Gasteiger partial charge in [0.05, 0.1) is 11.6 Å². The molecule has 1 heterocycles. The fourth-order valence-corrected chi connectivity index (χ4v) is 2.44. The predicted octanol–water partition coefficient (Wildman–Crippen LogP) is 2.23. The van der Waals surface area contributed by atoms with Crippen molar-refractivity contribution in [3.8, 4) is 0 Å². The van der Waals surface area contributed by atoms with Crippen molar-refractivity contribution in [3.63, 3.8) is 0 Å². The highest BCUT2D eigenvalue weighted by atomic mass is 19.1. The summed E-state index contributed by atoms with van der Waals surface area (Å²) in [4.78, 5) is 23.2. The first-order chi connectivity index (χ1) is 9.40. The van der Waals surface area contributed by atoms with Crippen molar-refractivity contribution in [2.75, 3.05) is 0 Å². The Morgan fingerprint density at radius 3 is 2.75 bits per heavy atom. The molecule has 0 unspecified atom stereocenters. The number of benzene rings is 1. The Kier molecular flexibility index (Phi) is 2.64. The summed E-state index contributed by atoms with van der Waals surface area (Å²) in [5.74, 6) is -2.15. The van der Waals surface area contributed by atoms with Gasteiger partial charge in [-0.15, -0.1) is 0 Å². The summed E-state index contributed by atoms with van der Waals surface area (Å²) in [5.41, 5.74) is -0.558. The summed E-state index contributed by atoms with van der Waals surface area (Å²) < 4.78 is 28.1. The zero-order valence-electron chi connectivity index (χ0n) is 10.5. The number of fused-ring (bicyclic) bond motifs is 1. The molecule has 1 saturated carbocycles. The van der Waals surface area contributed by atoms with Crippen molar-refractivity contribution in [2.45, 2.75) is 25.6 Å². The lowest BCUT2D eigenvalue weighted by atomic mass is 10.1. The molecule has 0 saturated heterocycles. The van der Waals surface area contributed by atoms with Crippen molar-refractivity contribution in [1.82, 2.24) is 4.57 Å². The van der Waals surface area contributed by atoms with E-state index in [1.807, 2.05) is 0 Å². The van der Waals surface area contributed by atoms with Crippen LogP contribution in [0.15, 0.2) is 17.1 Å². The molecule has 1 aromatic heterocycles. The molecule has 1 aliphatic rings. The van der Waals surface area contributed by atoms with Gasteiger partial charge in [-0.1, -0.05) is 0 Å². The maximum absolute atomic E-state index is 13.4. The molecule has 0 bridgehead atoms. The second kappa shape index (κ2) is 4.13. The predicted molar refractivity (Wildman–Crippen MR) is 67.2 cm³/mol. The fourth-order valence-electron chi connectivity index (χ4n) is 2.44. The van der Waals surface area contributed by atoms with E-state index in [0.717, 1.165) is 12.3 Å². The first-order valence-corrected chi connectivity index (χ1v) is 6.04. The molecule has 103 valence electrons. The topological polar surface area (TPSA) is 59.3 Å². The molecule has 2 atom stereocenters. The Balaban J connectivity index is 2.45. The van der Waals surface area contributed by atoms with Gasteiger partial charge in [-0.2, -0.15) is 0 Å². The van der Waals surface area contributed by atoms with Crippen molar-refractivity contribution in [2.24, 2.45) is 0 Å². The maximum atomic E-state index is 13.4. The molecule has 1 fully saturated rings. The van der Waals surface area contributed by atoms with E-state index in [9.17, 15) is 18.4 Å². The van der Waals surface area contributed by atoms with E-state index in [1.54, 1.807) is 6.92 Å². The molecule has 6 heteroatoms. The minimum Gasteiger partial charge on any atom is -0.477 e. The second-order valence-electron chi connectivity index (χ2n) is 4.91. The van der Waals surface area contributed by atoms with Crippen LogP contribution in [0.3, 0.4) is 0 Å². The summed E-state index contributed by atoms with van der Waals surface area (Å²) in [7, 11) is 0. The Labute approximate surface area is 112 Å². The van der Waals surface area contributed by atoms with Crippen LogP contribution in [-0.2, 0) is 0 Å².